The number of hydrazine groups is 1. The third-order valence-corrected chi connectivity index (χ3v) is 3.66. The maximum atomic E-state index is 11.9. The molecule has 0 bridgehead atoms. The standard InChI is InChI=1S/C10H7BrN2O3S2/c1-5(14)12-13-9(15)7(18-10(13)17)4-6-2-3-8(11)16-6/h2-4H,1H3,(H,12,14)/b7-4-. The van der Waals surface area contributed by atoms with Gasteiger partial charge in [-0.3, -0.25) is 15.0 Å². The van der Waals surface area contributed by atoms with Crippen LogP contribution in [-0.4, -0.2) is 21.1 Å². The second kappa shape index (κ2) is 5.25. The van der Waals surface area contributed by atoms with Gasteiger partial charge in [0.2, 0.25) is 5.91 Å². The fourth-order valence-corrected chi connectivity index (χ4v) is 2.74. The van der Waals surface area contributed by atoms with E-state index in [2.05, 4.69) is 21.4 Å². The molecule has 1 aliphatic heterocycles. The summed E-state index contributed by atoms with van der Waals surface area (Å²) in [6.07, 6.45) is 1.58. The van der Waals surface area contributed by atoms with Gasteiger partial charge in [-0.15, -0.1) is 0 Å². The molecule has 2 heterocycles. The van der Waals surface area contributed by atoms with E-state index in [4.69, 9.17) is 16.6 Å². The fraction of sp³-hybridized carbons (Fsp3) is 0.100. The van der Waals surface area contributed by atoms with Crippen molar-refractivity contribution in [2.75, 3.05) is 0 Å². The van der Waals surface area contributed by atoms with E-state index in [1.165, 1.54) is 6.92 Å². The minimum Gasteiger partial charge on any atom is -0.450 e. The van der Waals surface area contributed by atoms with Gasteiger partial charge in [0.05, 0.1) is 4.91 Å². The van der Waals surface area contributed by atoms with Gasteiger partial charge < -0.3 is 4.42 Å². The summed E-state index contributed by atoms with van der Waals surface area (Å²) in [7, 11) is 0. The van der Waals surface area contributed by atoms with E-state index in [1.54, 1.807) is 18.2 Å². The van der Waals surface area contributed by atoms with Crippen molar-refractivity contribution in [3.05, 3.63) is 27.5 Å². The zero-order valence-electron chi connectivity index (χ0n) is 9.10. The first kappa shape index (κ1) is 13.3. The largest absolute Gasteiger partial charge is 0.450 e. The van der Waals surface area contributed by atoms with Crippen molar-refractivity contribution in [3.63, 3.8) is 0 Å². The number of rotatable bonds is 2. The van der Waals surface area contributed by atoms with Crippen molar-refractivity contribution in [2.24, 2.45) is 0 Å². The van der Waals surface area contributed by atoms with Crippen molar-refractivity contribution < 1.29 is 14.0 Å². The van der Waals surface area contributed by atoms with Crippen molar-refractivity contribution in [1.82, 2.24) is 10.4 Å². The number of furan rings is 1. The molecule has 5 nitrogen and oxygen atoms in total. The van der Waals surface area contributed by atoms with E-state index in [0.717, 1.165) is 16.8 Å². The smallest absolute Gasteiger partial charge is 0.285 e. The summed E-state index contributed by atoms with van der Waals surface area (Å²) in [6.45, 7) is 1.31. The van der Waals surface area contributed by atoms with Crippen LogP contribution in [0.25, 0.3) is 6.08 Å². The van der Waals surface area contributed by atoms with Gasteiger partial charge in [0.15, 0.2) is 8.99 Å². The number of nitrogens with one attached hydrogen (secondary N) is 1. The number of thiocarbonyl (C=S) groups is 1. The highest BCUT2D eigenvalue weighted by Gasteiger charge is 2.33. The van der Waals surface area contributed by atoms with Crippen LogP contribution in [0.1, 0.15) is 12.7 Å². The van der Waals surface area contributed by atoms with E-state index in [-0.39, 0.29) is 16.1 Å². The maximum absolute atomic E-state index is 11.9. The average Bonchev–Trinajstić information content (AvgIpc) is 2.78. The van der Waals surface area contributed by atoms with Crippen molar-refractivity contribution >= 4 is 62.1 Å². The third-order valence-electron chi connectivity index (χ3n) is 1.93. The number of halogens is 1. The second-order valence-electron chi connectivity index (χ2n) is 3.33. The number of amides is 2. The molecule has 1 saturated heterocycles. The SMILES string of the molecule is CC(=O)NN1C(=O)/C(=C/c2ccc(Br)o2)SC1=S. The summed E-state index contributed by atoms with van der Waals surface area (Å²) >= 11 is 9.29. The highest BCUT2D eigenvalue weighted by Crippen LogP contribution is 2.31. The molecule has 1 aliphatic rings. The highest BCUT2D eigenvalue weighted by molar-refractivity contribution is 9.10. The van der Waals surface area contributed by atoms with Crippen LogP contribution in [0.5, 0.6) is 0 Å². The molecule has 1 aromatic heterocycles. The Kier molecular flexibility index (Phi) is 3.88. The van der Waals surface area contributed by atoms with Crippen LogP contribution in [0.4, 0.5) is 0 Å². The van der Waals surface area contributed by atoms with Gasteiger partial charge in [-0.2, -0.15) is 5.01 Å². The summed E-state index contributed by atoms with van der Waals surface area (Å²) in [5.41, 5.74) is 2.36. The Morgan fingerprint density at radius 3 is 2.89 bits per heavy atom. The molecule has 18 heavy (non-hydrogen) atoms. The lowest BCUT2D eigenvalue weighted by Crippen LogP contribution is -2.43. The van der Waals surface area contributed by atoms with Crippen LogP contribution in [0.15, 0.2) is 26.1 Å². The van der Waals surface area contributed by atoms with Crippen LogP contribution >= 0.6 is 39.9 Å². The highest BCUT2D eigenvalue weighted by atomic mass is 79.9. The predicted molar refractivity (Wildman–Crippen MR) is 75.2 cm³/mol. The molecule has 1 N–H and O–H groups in total. The van der Waals surface area contributed by atoms with Crippen molar-refractivity contribution in [2.45, 2.75) is 6.92 Å². The minimum atomic E-state index is -0.368. The van der Waals surface area contributed by atoms with E-state index in [1.807, 2.05) is 0 Å². The first-order valence-electron chi connectivity index (χ1n) is 4.78. The Hall–Kier alpha value is -1.12. The Labute approximate surface area is 121 Å². The second-order valence-corrected chi connectivity index (χ2v) is 5.78. The Balaban J connectivity index is 2.22. The molecule has 0 spiro atoms. The van der Waals surface area contributed by atoms with Gasteiger partial charge >= 0.3 is 0 Å². The normalized spacial score (nSPS) is 17.7. The van der Waals surface area contributed by atoms with E-state index >= 15 is 0 Å². The molecule has 0 radical (unpaired) electrons. The number of nitrogens with zero attached hydrogens (tertiary/aromatic N) is 1. The Morgan fingerprint density at radius 1 is 1.61 bits per heavy atom. The molecule has 8 heteroatoms. The lowest BCUT2D eigenvalue weighted by atomic mass is 10.4. The van der Waals surface area contributed by atoms with E-state index in [9.17, 15) is 9.59 Å². The lowest BCUT2D eigenvalue weighted by Gasteiger charge is -2.13. The predicted octanol–water partition coefficient (Wildman–Crippen LogP) is 2.29. The summed E-state index contributed by atoms with van der Waals surface area (Å²) in [4.78, 5) is 23.3. The first-order valence-corrected chi connectivity index (χ1v) is 6.79. The van der Waals surface area contributed by atoms with Crippen LogP contribution in [0, 0.1) is 0 Å². The molecule has 1 fully saturated rings. The zero-order valence-corrected chi connectivity index (χ0v) is 12.3. The van der Waals surface area contributed by atoms with Gasteiger partial charge in [0.1, 0.15) is 5.76 Å². The maximum Gasteiger partial charge on any atom is 0.285 e. The molecular formula is C10H7BrN2O3S2. The minimum absolute atomic E-state index is 0.284. The summed E-state index contributed by atoms with van der Waals surface area (Å²) in [5, 5.41) is 1.05. The van der Waals surface area contributed by atoms with Gasteiger partial charge in [-0.05, 0) is 40.3 Å². The monoisotopic (exact) mass is 346 g/mol. The summed E-state index contributed by atoms with van der Waals surface area (Å²) in [5.74, 6) is -0.189. The number of carbonyl (C=O) groups is 2. The molecule has 2 amide bonds. The third kappa shape index (κ3) is 2.82. The van der Waals surface area contributed by atoms with E-state index < -0.39 is 0 Å². The molecule has 0 atom stereocenters. The van der Waals surface area contributed by atoms with Crippen molar-refractivity contribution in [1.29, 1.82) is 0 Å². The number of hydrogen-bond donors (Lipinski definition) is 1. The zero-order chi connectivity index (χ0) is 13.3. The number of carbonyl (C=O) groups excluding carboxylic acids is 2. The molecule has 0 aromatic carbocycles. The molecule has 94 valence electrons. The molecule has 0 saturated carbocycles. The fourth-order valence-electron chi connectivity index (χ4n) is 1.26. The summed E-state index contributed by atoms with van der Waals surface area (Å²) < 4.78 is 6.13. The van der Waals surface area contributed by atoms with Gasteiger partial charge in [-0.1, -0.05) is 11.8 Å². The molecule has 2 rings (SSSR count). The van der Waals surface area contributed by atoms with Crippen LogP contribution in [0.3, 0.4) is 0 Å². The van der Waals surface area contributed by atoms with Crippen molar-refractivity contribution in [3.8, 4) is 0 Å². The number of thioether (sulfide) groups is 1. The first-order chi connectivity index (χ1) is 8.47. The molecule has 0 aliphatic carbocycles. The van der Waals surface area contributed by atoms with Crippen LogP contribution in [0.2, 0.25) is 0 Å². The average molecular weight is 347 g/mol. The van der Waals surface area contributed by atoms with Gasteiger partial charge in [-0.25, -0.2) is 0 Å². The Morgan fingerprint density at radius 2 is 2.33 bits per heavy atom. The van der Waals surface area contributed by atoms with Gasteiger partial charge in [0.25, 0.3) is 5.91 Å². The quantitative estimate of drug-likeness (QED) is 0.657. The van der Waals surface area contributed by atoms with E-state index in [0.29, 0.717) is 15.3 Å². The number of hydrogen-bond acceptors (Lipinski definition) is 5. The van der Waals surface area contributed by atoms with Crippen LogP contribution in [-0.2, 0) is 9.59 Å². The molecule has 1 aromatic rings. The van der Waals surface area contributed by atoms with Gasteiger partial charge in [0, 0.05) is 13.0 Å². The molecule has 0 unspecified atom stereocenters. The molecular weight excluding hydrogens is 340 g/mol. The van der Waals surface area contributed by atoms with Crippen LogP contribution < -0.4 is 5.43 Å². The Bertz CT molecular complexity index is 567. The topological polar surface area (TPSA) is 62.6 Å². The lowest BCUT2D eigenvalue weighted by molar-refractivity contribution is -0.131. The summed E-state index contributed by atoms with van der Waals surface area (Å²) in [6, 6.07) is 3.44.